The van der Waals surface area contributed by atoms with Crippen LogP contribution in [-0.2, 0) is 14.8 Å². The highest BCUT2D eigenvalue weighted by molar-refractivity contribution is 7.91. The third-order valence-electron chi connectivity index (χ3n) is 7.28. The van der Waals surface area contributed by atoms with Crippen molar-refractivity contribution in [2.24, 2.45) is 5.92 Å². The zero-order chi connectivity index (χ0) is 25.3. The van der Waals surface area contributed by atoms with Crippen molar-refractivity contribution in [2.75, 3.05) is 38.6 Å². The monoisotopic (exact) mass is 529 g/mol. The van der Waals surface area contributed by atoms with Gasteiger partial charge in [-0.05, 0) is 68.4 Å². The van der Waals surface area contributed by atoms with E-state index in [9.17, 15) is 18.3 Å². The van der Waals surface area contributed by atoms with Gasteiger partial charge in [0.2, 0.25) is 5.91 Å². The van der Waals surface area contributed by atoms with E-state index in [1.807, 2.05) is 24.3 Å². The summed E-state index contributed by atoms with van der Waals surface area (Å²) in [4.78, 5) is 15.2. The number of anilines is 1. The van der Waals surface area contributed by atoms with E-state index in [4.69, 9.17) is 4.74 Å². The second-order valence-corrected chi connectivity index (χ2v) is 12.7. The van der Waals surface area contributed by atoms with Gasteiger partial charge in [0.1, 0.15) is 4.21 Å². The maximum Gasteiger partial charge on any atom is 0.252 e. The number of thiophene rings is 1. The molecule has 2 fully saturated rings. The van der Waals surface area contributed by atoms with Crippen molar-refractivity contribution in [1.82, 2.24) is 9.21 Å². The number of nitrogens with zero attached hydrogens (tertiary/aromatic N) is 2. The zero-order valence-corrected chi connectivity index (χ0v) is 21.9. The molecule has 0 atom stereocenters. The van der Waals surface area contributed by atoms with E-state index in [1.165, 1.54) is 24.5 Å². The van der Waals surface area contributed by atoms with Gasteiger partial charge in [-0.2, -0.15) is 4.31 Å². The maximum atomic E-state index is 13.2. The molecule has 10 heteroatoms. The normalized spacial score (nSPS) is 18.9. The van der Waals surface area contributed by atoms with Crippen molar-refractivity contribution in [1.29, 1.82) is 0 Å². The lowest BCUT2D eigenvalue weighted by molar-refractivity contribution is -0.121. The molecule has 0 saturated carbocycles. The molecule has 2 aromatic carbocycles. The van der Waals surface area contributed by atoms with E-state index < -0.39 is 10.0 Å². The highest BCUT2D eigenvalue weighted by atomic mass is 32.2. The summed E-state index contributed by atoms with van der Waals surface area (Å²) in [6, 6.07) is 14.7. The van der Waals surface area contributed by atoms with Crippen LogP contribution >= 0.6 is 11.3 Å². The fourth-order valence-corrected chi connectivity index (χ4v) is 8.21. The second-order valence-electron chi connectivity index (χ2n) is 9.42. The number of aromatic hydroxyl groups is 1. The highest BCUT2D eigenvalue weighted by Gasteiger charge is 2.35. The summed E-state index contributed by atoms with van der Waals surface area (Å²) in [5.74, 6) is 0.260. The number of amides is 1. The number of carbonyl (C=O) groups excluding carboxylic acids is 1. The van der Waals surface area contributed by atoms with Crippen LogP contribution in [0, 0.1) is 5.92 Å². The van der Waals surface area contributed by atoms with Gasteiger partial charge in [-0.3, -0.25) is 4.79 Å². The molecule has 1 amide bonds. The van der Waals surface area contributed by atoms with E-state index in [2.05, 4.69) is 10.2 Å². The summed E-state index contributed by atoms with van der Waals surface area (Å²) in [7, 11) is -2.01. The second kappa shape index (κ2) is 10.4. The minimum atomic E-state index is -3.48. The summed E-state index contributed by atoms with van der Waals surface area (Å²) >= 11 is 1.34. The van der Waals surface area contributed by atoms with Crippen LogP contribution in [0.2, 0.25) is 0 Å². The van der Waals surface area contributed by atoms with Crippen LogP contribution in [0.5, 0.6) is 11.5 Å². The largest absolute Gasteiger partial charge is 0.504 e. The van der Waals surface area contributed by atoms with E-state index in [1.54, 1.807) is 22.5 Å². The van der Waals surface area contributed by atoms with E-state index in [0.29, 0.717) is 34.8 Å². The smallest absolute Gasteiger partial charge is 0.252 e. The number of hydrogen-bond donors (Lipinski definition) is 2. The molecule has 3 aromatic rings. The van der Waals surface area contributed by atoms with Gasteiger partial charge in [0.25, 0.3) is 10.0 Å². The number of ether oxygens (including phenoxy) is 1. The van der Waals surface area contributed by atoms with Crippen LogP contribution in [0.4, 0.5) is 5.69 Å². The van der Waals surface area contributed by atoms with Gasteiger partial charge in [-0.15, -0.1) is 11.3 Å². The van der Waals surface area contributed by atoms with Gasteiger partial charge in [0, 0.05) is 41.5 Å². The Kier molecular flexibility index (Phi) is 7.21. The Bertz CT molecular complexity index is 1310. The number of nitrogens with one attached hydrogen (secondary N) is 1. The molecule has 0 bridgehead atoms. The van der Waals surface area contributed by atoms with Gasteiger partial charge in [0.15, 0.2) is 11.5 Å². The molecule has 1 aromatic heterocycles. The average molecular weight is 530 g/mol. The number of hydrogen-bond acceptors (Lipinski definition) is 7. The molecule has 8 nitrogen and oxygen atoms in total. The average Bonchev–Trinajstić information content (AvgIpc) is 3.35. The van der Waals surface area contributed by atoms with Crippen molar-refractivity contribution in [3.8, 4) is 11.5 Å². The zero-order valence-electron chi connectivity index (χ0n) is 20.2. The molecule has 36 heavy (non-hydrogen) atoms. The fourth-order valence-electron chi connectivity index (χ4n) is 5.19. The molecule has 0 radical (unpaired) electrons. The highest BCUT2D eigenvalue weighted by Crippen LogP contribution is 2.33. The molecule has 0 unspecified atom stereocenters. The van der Waals surface area contributed by atoms with Crippen molar-refractivity contribution >= 4 is 43.0 Å². The van der Waals surface area contributed by atoms with E-state index in [0.717, 1.165) is 48.9 Å². The Hall–Kier alpha value is -2.66. The molecule has 2 N–H and O–H groups in total. The number of piperidine rings is 2. The summed E-state index contributed by atoms with van der Waals surface area (Å²) in [5.41, 5.74) is 0.601. The number of benzene rings is 2. The molecule has 2 aliphatic heterocycles. The first kappa shape index (κ1) is 25.0. The quantitative estimate of drug-likeness (QED) is 0.466. The molecule has 192 valence electrons. The lowest BCUT2D eigenvalue weighted by atomic mass is 9.93. The number of likely N-dealkylation sites (tertiary alicyclic amines) is 1. The minimum Gasteiger partial charge on any atom is -0.504 e. The Morgan fingerprint density at radius 3 is 2.44 bits per heavy atom. The number of methoxy groups -OCH3 is 1. The van der Waals surface area contributed by atoms with Gasteiger partial charge in [-0.1, -0.05) is 18.2 Å². The Morgan fingerprint density at radius 2 is 1.75 bits per heavy atom. The summed E-state index contributed by atoms with van der Waals surface area (Å²) < 4.78 is 34.6. The van der Waals surface area contributed by atoms with E-state index in [-0.39, 0.29) is 17.6 Å². The summed E-state index contributed by atoms with van der Waals surface area (Å²) in [6.07, 6.45) is 3.13. The Balaban J connectivity index is 1.13. The number of phenols is 1. The van der Waals surface area contributed by atoms with Crippen LogP contribution in [0.15, 0.2) is 52.7 Å². The van der Waals surface area contributed by atoms with Gasteiger partial charge in [0.05, 0.1) is 7.11 Å². The van der Waals surface area contributed by atoms with Crippen molar-refractivity contribution in [2.45, 2.75) is 35.9 Å². The number of sulfonamides is 1. The summed E-state index contributed by atoms with van der Waals surface area (Å²) in [6.45, 7) is 2.68. The lowest BCUT2D eigenvalue weighted by Gasteiger charge is -2.41. The molecular weight excluding hydrogens is 498 g/mol. The SMILES string of the molecule is COc1cc(NC(=O)C2CCN(C3CCN(S(=O)(=O)c4cc5ccccc5s4)CC3)CC2)ccc1O. The lowest BCUT2D eigenvalue weighted by Crippen LogP contribution is -2.49. The van der Waals surface area contributed by atoms with Crippen LogP contribution in [-0.4, -0.2) is 68.0 Å². The Labute approximate surface area is 215 Å². The third kappa shape index (κ3) is 5.08. The number of phenolic OH excluding ortho intramolecular Hbond substituents is 1. The molecular formula is C26H31N3O5S2. The van der Waals surface area contributed by atoms with Crippen LogP contribution < -0.4 is 10.1 Å². The first-order valence-corrected chi connectivity index (χ1v) is 14.5. The molecule has 0 aliphatic carbocycles. The minimum absolute atomic E-state index is 0.0216. The van der Waals surface area contributed by atoms with Crippen molar-refractivity contribution in [3.63, 3.8) is 0 Å². The molecule has 2 saturated heterocycles. The van der Waals surface area contributed by atoms with Gasteiger partial charge >= 0.3 is 0 Å². The maximum absolute atomic E-state index is 13.2. The van der Waals surface area contributed by atoms with Crippen LogP contribution in [0.3, 0.4) is 0 Å². The number of rotatable bonds is 6. The van der Waals surface area contributed by atoms with Crippen molar-refractivity contribution < 1.29 is 23.1 Å². The van der Waals surface area contributed by atoms with Crippen molar-refractivity contribution in [3.05, 3.63) is 48.5 Å². The third-order valence-corrected chi connectivity index (χ3v) is 10.7. The predicted octanol–water partition coefficient (Wildman–Crippen LogP) is 4.12. The van der Waals surface area contributed by atoms with Gasteiger partial charge in [-0.25, -0.2) is 8.42 Å². The first-order chi connectivity index (χ1) is 17.3. The molecule has 0 spiro atoms. The molecule has 3 heterocycles. The van der Waals surface area contributed by atoms with Crippen LogP contribution in [0.1, 0.15) is 25.7 Å². The topological polar surface area (TPSA) is 99.2 Å². The molecule has 5 rings (SSSR count). The number of carbonyl (C=O) groups is 1. The Morgan fingerprint density at radius 1 is 1.03 bits per heavy atom. The summed E-state index contributed by atoms with van der Waals surface area (Å²) in [5, 5.41) is 13.6. The van der Waals surface area contributed by atoms with E-state index >= 15 is 0 Å². The fraction of sp³-hybridized carbons (Fsp3) is 0.423. The number of fused-ring (bicyclic) bond motifs is 1. The van der Waals surface area contributed by atoms with Crippen LogP contribution in [0.25, 0.3) is 10.1 Å². The standard InChI is InChI=1S/C26H31N3O5S2/c1-34-23-17-20(6-7-22(23)30)27-26(31)18-8-12-28(13-9-18)21-10-14-29(15-11-21)36(32,33)25-16-19-4-2-3-5-24(19)35-25/h2-7,16-18,21,30H,8-15H2,1H3,(H,27,31). The first-order valence-electron chi connectivity index (χ1n) is 12.3. The predicted molar refractivity (Wildman–Crippen MR) is 141 cm³/mol. The molecule has 2 aliphatic rings. The van der Waals surface area contributed by atoms with Gasteiger partial charge < -0.3 is 20.1 Å².